The molecule has 0 N–H and O–H groups in total. The van der Waals surface area contributed by atoms with E-state index < -0.39 is 0 Å². The van der Waals surface area contributed by atoms with Gasteiger partial charge in [-0.05, 0) is 114 Å². The highest BCUT2D eigenvalue weighted by atomic mass is 31.1. The molecule has 0 aliphatic heterocycles. The normalized spacial score (nSPS) is 27.2. The van der Waals surface area contributed by atoms with Gasteiger partial charge in [0.2, 0.25) is 0 Å². The second-order valence-corrected chi connectivity index (χ2v) is 14.3. The van der Waals surface area contributed by atoms with Crippen molar-refractivity contribution >= 4 is 13.9 Å². The molecule has 4 fully saturated rings. The van der Waals surface area contributed by atoms with Crippen LogP contribution in [0, 0.1) is 23.7 Å². The van der Waals surface area contributed by atoms with Crippen LogP contribution in [0.5, 0.6) is 11.5 Å². The maximum Gasteiger partial charge on any atom is 0.127 e. The maximum atomic E-state index is 6.14. The molecule has 1 atom stereocenters. The van der Waals surface area contributed by atoms with Crippen molar-refractivity contribution in [1.82, 2.24) is 0 Å². The van der Waals surface area contributed by atoms with Crippen LogP contribution in [-0.2, 0) is 0 Å². The minimum Gasteiger partial charge on any atom is -0.496 e. The molecule has 196 valence electrons. The van der Waals surface area contributed by atoms with Gasteiger partial charge in [-0.15, -0.1) is 0 Å². The smallest absolute Gasteiger partial charge is 0.127 e. The van der Waals surface area contributed by atoms with E-state index >= 15 is 0 Å². The zero-order valence-corrected chi connectivity index (χ0v) is 24.8. The second kappa shape index (κ2) is 10.3. The first-order valence-electron chi connectivity index (χ1n) is 14.4. The summed E-state index contributed by atoms with van der Waals surface area (Å²) in [5, 5.41) is 1.41. The Kier molecular flexibility index (Phi) is 7.48. The van der Waals surface area contributed by atoms with Crippen molar-refractivity contribution in [3.63, 3.8) is 0 Å². The van der Waals surface area contributed by atoms with Gasteiger partial charge in [0, 0.05) is 10.9 Å². The zero-order chi connectivity index (χ0) is 25.7. The quantitative estimate of drug-likeness (QED) is 0.333. The molecule has 4 aliphatic rings. The van der Waals surface area contributed by atoms with Crippen molar-refractivity contribution in [2.75, 3.05) is 14.2 Å². The van der Waals surface area contributed by atoms with Gasteiger partial charge in [-0.1, -0.05) is 62.3 Å². The van der Waals surface area contributed by atoms with Crippen LogP contribution in [0.1, 0.15) is 108 Å². The predicted molar refractivity (Wildman–Crippen MR) is 156 cm³/mol. The second-order valence-electron chi connectivity index (χ2n) is 12.9. The number of ether oxygens (including phenoxy) is 2. The fourth-order valence-corrected chi connectivity index (χ4v) is 9.94. The molecule has 3 heteroatoms. The van der Waals surface area contributed by atoms with Gasteiger partial charge in [-0.3, -0.25) is 0 Å². The highest BCUT2D eigenvalue weighted by molar-refractivity contribution is 7.48. The Balaban J connectivity index is 1.71. The van der Waals surface area contributed by atoms with Crippen LogP contribution in [0.4, 0.5) is 0 Å². The molecule has 36 heavy (non-hydrogen) atoms. The van der Waals surface area contributed by atoms with Gasteiger partial charge in [-0.25, -0.2) is 0 Å². The van der Waals surface area contributed by atoms with E-state index in [0.717, 1.165) is 49.4 Å². The first-order chi connectivity index (χ1) is 17.2. The Hall–Kier alpha value is -1.53. The molecular weight excluding hydrogens is 459 g/mol. The average Bonchev–Trinajstić information content (AvgIpc) is 2.84. The first-order valence-corrected chi connectivity index (χ1v) is 15.5. The molecule has 4 saturated carbocycles. The van der Waals surface area contributed by atoms with Crippen LogP contribution in [0.2, 0.25) is 0 Å². The molecule has 2 aromatic carbocycles. The van der Waals surface area contributed by atoms with E-state index in [2.05, 4.69) is 65.8 Å². The molecule has 0 heterocycles. The molecule has 6 rings (SSSR count). The molecule has 2 aromatic rings. The third-order valence-electron chi connectivity index (χ3n) is 9.49. The van der Waals surface area contributed by atoms with Crippen LogP contribution in [-0.4, -0.2) is 19.9 Å². The molecule has 0 amide bonds. The minimum atomic E-state index is 0.435. The number of rotatable bonds is 8. The molecule has 0 aromatic heterocycles. The lowest BCUT2D eigenvalue weighted by atomic mass is 9.56. The molecule has 4 bridgehead atoms. The van der Waals surface area contributed by atoms with Crippen LogP contribution < -0.4 is 14.8 Å². The van der Waals surface area contributed by atoms with Gasteiger partial charge in [0.15, 0.2) is 0 Å². The predicted octanol–water partition coefficient (Wildman–Crippen LogP) is 8.87. The Bertz CT molecular complexity index is 1040. The largest absolute Gasteiger partial charge is 0.496 e. The lowest BCUT2D eigenvalue weighted by molar-refractivity contribution is 0.0259. The van der Waals surface area contributed by atoms with Gasteiger partial charge >= 0.3 is 0 Å². The summed E-state index contributed by atoms with van der Waals surface area (Å²) in [6.45, 7) is 14.0. The van der Waals surface area contributed by atoms with Gasteiger partial charge in [0.25, 0.3) is 0 Å². The van der Waals surface area contributed by atoms with Gasteiger partial charge in [-0.2, -0.15) is 0 Å². The minimum absolute atomic E-state index is 0.435. The number of benzene rings is 2. The van der Waals surface area contributed by atoms with Crippen molar-refractivity contribution in [3.05, 3.63) is 41.0 Å². The number of methoxy groups -OCH3 is 2. The van der Waals surface area contributed by atoms with Crippen LogP contribution in [0.25, 0.3) is 11.1 Å². The topological polar surface area (TPSA) is 18.5 Å². The number of hydrogen-bond donors (Lipinski definition) is 0. The van der Waals surface area contributed by atoms with E-state index in [-0.39, 0.29) is 0 Å². The molecule has 0 spiro atoms. The van der Waals surface area contributed by atoms with Crippen molar-refractivity contribution in [2.45, 2.75) is 97.1 Å². The molecule has 4 aliphatic carbocycles. The monoisotopic (exact) mass is 506 g/mol. The van der Waals surface area contributed by atoms with Crippen molar-refractivity contribution < 1.29 is 9.47 Å². The van der Waals surface area contributed by atoms with Crippen molar-refractivity contribution in [3.8, 4) is 22.6 Å². The Morgan fingerprint density at radius 2 is 1.17 bits per heavy atom. The molecule has 2 nitrogen and oxygen atoms in total. The third kappa shape index (κ3) is 4.62. The molecule has 0 radical (unpaired) electrons. The summed E-state index contributed by atoms with van der Waals surface area (Å²) in [5.74, 6) is 7.25. The molecule has 1 unspecified atom stereocenters. The Morgan fingerprint density at radius 3 is 1.61 bits per heavy atom. The zero-order valence-electron chi connectivity index (χ0n) is 23.8. The van der Waals surface area contributed by atoms with Crippen LogP contribution in [0.15, 0.2) is 24.3 Å². The lowest BCUT2D eigenvalue weighted by Gasteiger charge is -2.54. The standard InChI is InChI=1S/C33H47O2P/c1-18(2)23-16-26(19(3)4)30(27(17-23)20(5)6)31-28(34-7)9-10-29(35-8)33(31)36-32-24-12-21-11-22(14-24)15-25(32)13-21/h9-10,16-22,24-25,32,36H,11-15H2,1-8H3. The summed E-state index contributed by atoms with van der Waals surface area (Å²) in [6, 6.07) is 9.26. The van der Waals surface area contributed by atoms with Gasteiger partial charge in [0.05, 0.1) is 14.2 Å². The summed E-state index contributed by atoms with van der Waals surface area (Å²) < 4.78 is 12.3. The highest BCUT2D eigenvalue weighted by Crippen LogP contribution is 2.59. The first kappa shape index (κ1) is 26.1. The van der Waals surface area contributed by atoms with E-state index in [4.69, 9.17) is 9.47 Å². The molecule has 0 saturated heterocycles. The fraction of sp³-hybridized carbons (Fsp3) is 0.636. The van der Waals surface area contributed by atoms with Gasteiger partial charge in [0.1, 0.15) is 11.5 Å². The molecular formula is C33H47O2P. The van der Waals surface area contributed by atoms with E-state index in [1.54, 1.807) is 0 Å². The average molecular weight is 507 g/mol. The summed E-state index contributed by atoms with van der Waals surface area (Å²) in [4.78, 5) is 0. The summed E-state index contributed by atoms with van der Waals surface area (Å²) >= 11 is 0. The SMILES string of the molecule is COc1ccc(OC)c(-c2c(C(C)C)cc(C(C)C)cc2C(C)C)c1PC1C2CC3CC(C2)CC1C3. The van der Waals surface area contributed by atoms with E-state index in [9.17, 15) is 0 Å². The summed E-state index contributed by atoms with van der Waals surface area (Å²) in [6.07, 6.45) is 7.36. The maximum absolute atomic E-state index is 6.14. The third-order valence-corrected chi connectivity index (χ3v) is 11.6. The van der Waals surface area contributed by atoms with Crippen LogP contribution in [0.3, 0.4) is 0 Å². The Labute approximate surface area is 221 Å². The summed E-state index contributed by atoms with van der Waals surface area (Å²) in [7, 11) is 4.47. The van der Waals surface area contributed by atoms with E-state index in [1.165, 1.54) is 65.2 Å². The lowest BCUT2D eigenvalue weighted by Crippen LogP contribution is -2.46. The van der Waals surface area contributed by atoms with E-state index in [0.29, 0.717) is 17.8 Å². The fourth-order valence-electron chi connectivity index (χ4n) is 7.87. The number of hydrogen-bond acceptors (Lipinski definition) is 2. The summed E-state index contributed by atoms with van der Waals surface area (Å²) in [5.41, 5.74) is 7.87. The van der Waals surface area contributed by atoms with Crippen molar-refractivity contribution in [2.24, 2.45) is 23.7 Å². The van der Waals surface area contributed by atoms with Gasteiger partial charge < -0.3 is 9.47 Å². The van der Waals surface area contributed by atoms with Crippen LogP contribution >= 0.6 is 8.58 Å². The highest BCUT2D eigenvalue weighted by Gasteiger charge is 2.48. The van der Waals surface area contributed by atoms with E-state index in [1.807, 2.05) is 14.2 Å². The van der Waals surface area contributed by atoms with Crippen molar-refractivity contribution in [1.29, 1.82) is 0 Å². The Morgan fingerprint density at radius 1 is 0.667 bits per heavy atom.